The van der Waals surface area contributed by atoms with Crippen LogP contribution < -0.4 is 0 Å². The summed E-state index contributed by atoms with van der Waals surface area (Å²) in [5.74, 6) is 0.492. The van der Waals surface area contributed by atoms with Gasteiger partial charge in [0.05, 0.1) is 6.07 Å². The summed E-state index contributed by atoms with van der Waals surface area (Å²) in [4.78, 5) is 1.19. The monoisotopic (exact) mass is 295 g/mol. The van der Waals surface area contributed by atoms with Gasteiger partial charge in [-0.25, -0.2) is 0 Å². The van der Waals surface area contributed by atoms with E-state index in [9.17, 15) is 5.26 Å². The molecule has 1 saturated carbocycles. The van der Waals surface area contributed by atoms with Crippen LogP contribution in [-0.2, 0) is 0 Å². The molecule has 1 nitrogen and oxygen atoms in total. The van der Waals surface area contributed by atoms with Crippen LogP contribution in [0.1, 0.15) is 26.2 Å². The molecule has 1 fully saturated rings. The molecule has 2 rings (SSSR count). The van der Waals surface area contributed by atoms with Crippen LogP contribution in [0.5, 0.6) is 0 Å². The first-order valence-corrected chi connectivity index (χ1v) is 7.13. The molecule has 16 heavy (non-hydrogen) atoms. The van der Waals surface area contributed by atoms with Gasteiger partial charge < -0.3 is 0 Å². The maximum atomic E-state index is 9.42. The molecule has 3 heteroatoms. The van der Waals surface area contributed by atoms with E-state index < -0.39 is 0 Å². The number of thioether (sulfide) groups is 1. The highest BCUT2D eigenvalue weighted by molar-refractivity contribution is 9.10. The summed E-state index contributed by atoms with van der Waals surface area (Å²) >= 11 is 5.16. The average Bonchev–Trinajstić information content (AvgIpc) is 2.64. The summed E-state index contributed by atoms with van der Waals surface area (Å²) < 4.78 is 0.885. The Labute approximate surface area is 109 Å². The van der Waals surface area contributed by atoms with Gasteiger partial charge in [0.1, 0.15) is 4.75 Å². The summed E-state index contributed by atoms with van der Waals surface area (Å²) in [5, 5.41) is 9.42. The largest absolute Gasteiger partial charge is 0.197 e. The van der Waals surface area contributed by atoms with E-state index in [-0.39, 0.29) is 4.75 Å². The number of nitriles is 1. The SMILES string of the molecule is CC1CCCC1(C#N)Sc1ccc(Br)cc1. The van der Waals surface area contributed by atoms with Gasteiger partial charge in [-0.3, -0.25) is 0 Å². The highest BCUT2D eigenvalue weighted by atomic mass is 79.9. The number of hydrogen-bond acceptors (Lipinski definition) is 2. The van der Waals surface area contributed by atoms with Gasteiger partial charge >= 0.3 is 0 Å². The third kappa shape index (κ3) is 2.28. The third-order valence-corrected chi connectivity index (χ3v) is 5.38. The minimum atomic E-state index is -0.201. The Balaban J connectivity index is 2.19. The van der Waals surface area contributed by atoms with E-state index in [0.717, 1.165) is 10.9 Å². The minimum Gasteiger partial charge on any atom is -0.197 e. The molecule has 0 heterocycles. The molecule has 0 radical (unpaired) electrons. The van der Waals surface area contributed by atoms with Crippen molar-refractivity contribution in [3.63, 3.8) is 0 Å². The lowest BCUT2D eigenvalue weighted by Crippen LogP contribution is -2.25. The van der Waals surface area contributed by atoms with E-state index in [1.54, 1.807) is 11.8 Å². The Kier molecular flexibility index (Phi) is 3.61. The number of hydrogen-bond donors (Lipinski definition) is 0. The molecule has 0 saturated heterocycles. The van der Waals surface area contributed by atoms with Gasteiger partial charge in [0.15, 0.2) is 0 Å². The zero-order chi connectivity index (χ0) is 11.6. The second-order valence-electron chi connectivity index (χ2n) is 4.35. The van der Waals surface area contributed by atoms with Gasteiger partial charge in [-0.2, -0.15) is 5.26 Å². The Hall–Kier alpha value is -0.460. The van der Waals surface area contributed by atoms with Crippen LogP contribution >= 0.6 is 27.7 Å². The second kappa shape index (κ2) is 4.81. The van der Waals surface area contributed by atoms with Gasteiger partial charge in [-0.05, 0) is 43.0 Å². The van der Waals surface area contributed by atoms with Crippen LogP contribution in [0.4, 0.5) is 0 Å². The predicted molar refractivity (Wildman–Crippen MR) is 71.4 cm³/mol. The number of halogens is 1. The molecule has 1 aliphatic rings. The maximum Gasteiger partial charge on any atom is 0.110 e. The van der Waals surface area contributed by atoms with E-state index in [4.69, 9.17) is 0 Å². The van der Waals surface area contributed by atoms with Crippen molar-refractivity contribution in [2.45, 2.75) is 35.8 Å². The minimum absolute atomic E-state index is 0.201. The van der Waals surface area contributed by atoms with Crippen molar-refractivity contribution in [3.8, 4) is 6.07 Å². The molecule has 0 spiro atoms. The Morgan fingerprint density at radius 3 is 2.62 bits per heavy atom. The molecular formula is C13H14BrNS. The fraction of sp³-hybridized carbons (Fsp3) is 0.462. The van der Waals surface area contributed by atoms with E-state index >= 15 is 0 Å². The molecule has 2 atom stereocenters. The van der Waals surface area contributed by atoms with Crippen molar-refractivity contribution >= 4 is 27.7 Å². The molecule has 0 aliphatic heterocycles. The van der Waals surface area contributed by atoms with Gasteiger partial charge in [0.2, 0.25) is 0 Å². The third-order valence-electron chi connectivity index (χ3n) is 3.28. The summed E-state index contributed by atoms with van der Waals surface area (Å²) in [7, 11) is 0. The van der Waals surface area contributed by atoms with Crippen molar-refractivity contribution in [1.82, 2.24) is 0 Å². The lowest BCUT2D eigenvalue weighted by Gasteiger charge is -2.25. The van der Waals surface area contributed by atoms with Crippen molar-refractivity contribution in [1.29, 1.82) is 5.26 Å². The average molecular weight is 296 g/mol. The number of benzene rings is 1. The molecule has 0 amide bonds. The van der Waals surface area contributed by atoms with Gasteiger partial charge in [0.25, 0.3) is 0 Å². The smallest absolute Gasteiger partial charge is 0.110 e. The fourth-order valence-electron chi connectivity index (χ4n) is 2.20. The van der Waals surface area contributed by atoms with Crippen LogP contribution in [0.3, 0.4) is 0 Å². The molecule has 1 aromatic rings. The van der Waals surface area contributed by atoms with E-state index in [1.807, 2.05) is 12.1 Å². The van der Waals surface area contributed by atoms with Crippen molar-refractivity contribution in [2.24, 2.45) is 5.92 Å². The maximum absolute atomic E-state index is 9.42. The standard InChI is InChI=1S/C13H14BrNS/c1-10-3-2-8-13(10,9-15)16-12-6-4-11(14)5-7-12/h4-7,10H,2-3,8H2,1H3. The summed E-state index contributed by atoms with van der Waals surface area (Å²) in [6.07, 6.45) is 3.38. The van der Waals surface area contributed by atoms with Crippen LogP contribution in [-0.4, -0.2) is 4.75 Å². The van der Waals surface area contributed by atoms with Crippen LogP contribution in [0, 0.1) is 17.2 Å². The molecule has 2 unspecified atom stereocenters. The van der Waals surface area contributed by atoms with Gasteiger partial charge in [0, 0.05) is 9.37 Å². The number of nitrogens with zero attached hydrogens (tertiary/aromatic N) is 1. The van der Waals surface area contributed by atoms with Crippen LogP contribution in [0.15, 0.2) is 33.6 Å². The highest BCUT2D eigenvalue weighted by Crippen LogP contribution is 2.48. The summed E-state index contributed by atoms with van der Waals surface area (Å²) in [6.45, 7) is 2.20. The quantitative estimate of drug-likeness (QED) is 0.795. The predicted octanol–water partition coefficient (Wildman–Crippen LogP) is 4.62. The Bertz CT molecular complexity index is 409. The molecule has 84 valence electrons. The van der Waals surface area contributed by atoms with Crippen molar-refractivity contribution in [2.75, 3.05) is 0 Å². The second-order valence-corrected chi connectivity index (χ2v) is 6.67. The molecule has 0 aromatic heterocycles. The zero-order valence-corrected chi connectivity index (χ0v) is 11.6. The van der Waals surface area contributed by atoms with E-state index in [0.29, 0.717) is 5.92 Å². The lowest BCUT2D eigenvalue weighted by atomic mass is 9.99. The number of rotatable bonds is 2. The van der Waals surface area contributed by atoms with Gasteiger partial charge in [-0.15, -0.1) is 11.8 Å². The van der Waals surface area contributed by atoms with Crippen LogP contribution in [0.2, 0.25) is 0 Å². The van der Waals surface area contributed by atoms with Crippen molar-refractivity contribution in [3.05, 3.63) is 28.7 Å². The van der Waals surface area contributed by atoms with E-state index in [2.05, 4.69) is 41.1 Å². The van der Waals surface area contributed by atoms with E-state index in [1.165, 1.54) is 17.7 Å². The Morgan fingerprint density at radius 1 is 1.44 bits per heavy atom. The first kappa shape index (κ1) is 12.0. The molecule has 1 aliphatic carbocycles. The fourth-order valence-corrected chi connectivity index (χ4v) is 3.77. The zero-order valence-electron chi connectivity index (χ0n) is 9.24. The molecule has 1 aromatic carbocycles. The lowest BCUT2D eigenvalue weighted by molar-refractivity contribution is 0.554. The molecular weight excluding hydrogens is 282 g/mol. The van der Waals surface area contributed by atoms with Gasteiger partial charge in [-0.1, -0.05) is 29.3 Å². The topological polar surface area (TPSA) is 23.8 Å². The molecule has 0 bridgehead atoms. The van der Waals surface area contributed by atoms with Crippen LogP contribution in [0.25, 0.3) is 0 Å². The van der Waals surface area contributed by atoms with Crippen molar-refractivity contribution < 1.29 is 0 Å². The highest BCUT2D eigenvalue weighted by Gasteiger charge is 2.41. The summed E-state index contributed by atoms with van der Waals surface area (Å²) in [6, 6.07) is 10.8. The first-order valence-electron chi connectivity index (χ1n) is 5.52. The first-order chi connectivity index (χ1) is 7.66. The summed E-state index contributed by atoms with van der Waals surface area (Å²) in [5.41, 5.74) is 0. The normalized spacial score (nSPS) is 28.9. The Morgan fingerprint density at radius 2 is 2.12 bits per heavy atom. The molecule has 0 N–H and O–H groups in total.